The molecule has 0 N–H and O–H groups in total. The summed E-state index contributed by atoms with van der Waals surface area (Å²) in [5.74, 6) is 0. The molecule has 0 unspecified atom stereocenters. The molecular formula is C28H31N. The Morgan fingerprint density at radius 1 is 0.586 bits per heavy atom. The van der Waals surface area contributed by atoms with Gasteiger partial charge in [-0.3, -0.25) is 0 Å². The number of anilines is 2. The van der Waals surface area contributed by atoms with Crippen molar-refractivity contribution < 1.29 is 0 Å². The Bertz CT molecular complexity index is 1170. The van der Waals surface area contributed by atoms with Crippen LogP contribution in [0.5, 0.6) is 0 Å². The molecule has 0 saturated heterocycles. The molecule has 0 aliphatic carbocycles. The highest BCUT2D eigenvalue weighted by Gasteiger charge is 2.28. The molecule has 148 valence electrons. The van der Waals surface area contributed by atoms with Crippen LogP contribution in [0.25, 0.3) is 21.5 Å². The fraction of sp³-hybridized carbons (Fsp3) is 0.286. The van der Waals surface area contributed by atoms with Crippen LogP contribution in [0.3, 0.4) is 0 Å². The Hall–Kier alpha value is -2.80. The van der Waals surface area contributed by atoms with Crippen LogP contribution < -0.4 is 4.90 Å². The first-order valence-electron chi connectivity index (χ1n) is 10.5. The molecule has 29 heavy (non-hydrogen) atoms. The summed E-state index contributed by atoms with van der Waals surface area (Å²) in [5.41, 5.74) is 3.91. The minimum Gasteiger partial charge on any atom is -0.336 e. The van der Waals surface area contributed by atoms with E-state index in [0.717, 1.165) is 0 Å². The summed E-state index contributed by atoms with van der Waals surface area (Å²) in [6.45, 7) is 13.7. The van der Waals surface area contributed by atoms with Crippen molar-refractivity contribution in [3.05, 3.63) is 84.4 Å². The van der Waals surface area contributed by atoms with Crippen LogP contribution in [0.2, 0.25) is 0 Å². The van der Waals surface area contributed by atoms with Crippen LogP contribution in [-0.2, 0) is 5.41 Å². The molecule has 1 heteroatoms. The van der Waals surface area contributed by atoms with Crippen molar-refractivity contribution in [3.8, 4) is 0 Å². The van der Waals surface area contributed by atoms with Gasteiger partial charge < -0.3 is 4.90 Å². The van der Waals surface area contributed by atoms with Gasteiger partial charge in [-0.05, 0) is 71.5 Å². The molecule has 0 aliphatic rings. The standard InChI is InChI=1S/C28H31N/c1-27(2,3)25-13-9-10-14-26(25)29(28(4,5)6)22-17-18-24-21(19-22)16-15-20-11-7-8-12-23(20)24/h7-19H,1-6H3. The van der Waals surface area contributed by atoms with Crippen LogP contribution in [0.15, 0.2) is 78.9 Å². The predicted octanol–water partition coefficient (Wildman–Crippen LogP) is 8.23. The molecule has 0 aromatic heterocycles. The molecule has 0 saturated carbocycles. The van der Waals surface area contributed by atoms with Crippen molar-refractivity contribution in [1.82, 2.24) is 0 Å². The number of hydrogen-bond acceptors (Lipinski definition) is 1. The van der Waals surface area contributed by atoms with Crippen LogP contribution in [0.4, 0.5) is 11.4 Å². The van der Waals surface area contributed by atoms with Gasteiger partial charge in [0.05, 0.1) is 0 Å². The molecule has 0 heterocycles. The Morgan fingerprint density at radius 2 is 1.21 bits per heavy atom. The van der Waals surface area contributed by atoms with E-state index in [9.17, 15) is 0 Å². The molecule has 0 spiro atoms. The van der Waals surface area contributed by atoms with E-state index in [1.54, 1.807) is 0 Å². The normalized spacial score (nSPS) is 12.5. The summed E-state index contributed by atoms with van der Waals surface area (Å²) in [5, 5.41) is 5.20. The van der Waals surface area contributed by atoms with E-state index >= 15 is 0 Å². The fourth-order valence-electron chi connectivity index (χ4n) is 4.33. The van der Waals surface area contributed by atoms with Crippen LogP contribution in [-0.4, -0.2) is 5.54 Å². The second-order valence-electron chi connectivity index (χ2n) is 9.97. The third kappa shape index (κ3) is 3.62. The van der Waals surface area contributed by atoms with Crippen molar-refractivity contribution in [2.75, 3.05) is 4.90 Å². The zero-order valence-electron chi connectivity index (χ0n) is 18.5. The van der Waals surface area contributed by atoms with E-state index in [1.807, 2.05) is 0 Å². The van der Waals surface area contributed by atoms with Gasteiger partial charge in [0.1, 0.15) is 0 Å². The lowest BCUT2D eigenvalue weighted by molar-refractivity contribution is 0.543. The molecule has 0 atom stereocenters. The number of nitrogens with zero attached hydrogens (tertiary/aromatic N) is 1. The Kier molecular flexibility index (Phi) is 4.65. The maximum absolute atomic E-state index is 2.49. The lowest BCUT2D eigenvalue weighted by atomic mass is 9.84. The highest BCUT2D eigenvalue weighted by molar-refractivity contribution is 6.08. The molecule has 0 bridgehead atoms. The Balaban J connectivity index is 1.94. The molecule has 0 radical (unpaired) electrons. The lowest BCUT2D eigenvalue weighted by Crippen LogP contribution is -2.39. The quantitative estimate of drug-likeness (QED) is 0.316. The predicted molar refractivity (Wildman–Crippen MR) is 128 cm³/mol. The Morgan fingerprint density at radius 3 is 1.93 bits per heavy atom. The molecule has 0 amide bonds. The van der Waals surface area contributed by atoms with Crippen molar-refractivity contribution in [1.29, 1.82) is 0 Å². The van der Waals surface area contributed by atoms with Crippen LogP contribution in [0, 0.1) is 0 Å². The first kappa shape index (κ1) is 19.5. The number of para-hydroxylation sites is 1. The van der Waals surface area contributed by atoms with Gasteiger partial charge in [0.15, 0.2) is 0 Å². The Labute approximate surface area is 175 Å². The number of benzene rings is 4. The first-order chi connectivity index (χ1) is 13.7. The third-order valence-electron chi connectivity index (χ3n) is 5.61. The van der Waals surface area contributed by atoms with Crippen LogP contribution >= 0.6 is 0 Å². The zero-order chi connectivity index (χ0) is 20.8. The molecular weight excluding hydrogens is 350 g/mol. The van der Waals surface area contributed by atoms with Gasteiger partial charge in [-0.15, -0.1) is 0 Å². The largest absolute Gasteiger partial charge is 0.336 e. The SMILES string of the molecule is CC(C)(C)c1ccccc1N(c1ccc2c(ccc3ccccc32)c1)C(C)(C)C. The minimum atomic E-state index is -0.0497. The van der Waals surface area contributed by atoms with Crippen molar-refractivity contribution in [2.45, 2.75) is 52.5 Å². The van der Waals surface area contributed by atoms with Crippen molar-refractivity contribution in [3.63, 3.8) is 0 Å². The lowest BCUT2D eigenvalue weighted by Gasteiger charge is -2.41. The smallest absolute Gasteiger partial charge is 0.0453 e. The molecule has 4 rings (SSSR count). The van der Waals surface area contributed by atoms with Crippen molar-refractivity contribution in [2.24, 2.45) is 0 Å². The molecule has 4 aromatic rings. The van der Waals surface area contributed by atoms with Gasteiger partial charge >= 0.3 is 0 Å². The second kappa shape index (κ2) is 6.91. The van der Waals surface area contributed by atoms with E-state index in [-0.39, 0.29) is 11.0 Å². The van der Waals surface area contributed by atoms with Gasteiger partial charge in [0, 0.05) is 16.9 Å². The van der Waals surface area contributed by atoms with E-state index in [0.29, 0.717) is 0 Å². The summed E-state index contributed by atoms with van der Waals surface area (Å²) in [7, 11) is 0. The third-order valence-corrected chi connectivity index (χ3v) is 5.61. The highest BCUT2D eigenvalue weighted by Crippen LogP contribution is 2.41. The zero-order valence-corrected chi connectivity index (χ0v) is 18.5. The summed E-state index contributed by atoms with van der Waals surface area (Å²) in [6, 6.07) is 28.8. The molecule has 1 nitrogen and oxygen atoms in total. The van der Waals surface area contributed by atoms with E-state index in [1.165, 1.54) is 38.5 Å². The number of rotatable bonds is 2. The average Bonchev–Trinajstić information content (AvgIpc) is 2.66. The van der Waals surface area contributed by atoms with Crippen molar-refractivity contribution >= 4 is 32.9 Å². The van der Waals surface area contributed by atoms with E-state index < -0.39 is 0 Å². The van der Waals surface area contributed by atoms with Gasteiger partial charge in [0.2, 0.25) is 0 Å². The topological polar surface area (TPSA) is 3.24 Å². The average molecular weight is 382 g/mol. The van der Waals surface area contributed by atoms with Gasteiger partial charge in [-0.1, -0.05) is 81.4 Å². The maximum Gasteiger partial charge on any atom is 0.0453 e. The monoisotopic (exact) mass is 381 g/mol. The van der Waals surface area contributed by atoms with E-state index in [4.69, 9.17) is 0 Å². The summed E-state index contributed by atoms with van der Waals surface area (Å²) in [4.78, 5) is 2.49. The summed E-state index contributed by atoms with van der Waals surface area (Å²) in [6.07, 6.45) is 0. The minimum absolute atomic E-state index is 0.0497. The van der Waals surface area contributed by atoms with Gasteiger partial charge in [-0.2, -0.15) is 0 Å². The molecule has 4 aromatic carbocycles. The first-order valence-corrected chi connectivity index (χ1v) is 10.5. The van der Waals surface area contributed by atoms with E-state index in [2.05, 4.69) is 125 Å². The molecule has 0 aliphatic heterocycles. The summed E-state index contributed by atoms with van der Waals surface area (Å²) >= 11 is 0. The summed E-state index contributed by atoms with van der Waals surface area (Å²) < 4.78 is 0. The fourth-order valence-corrected chi connectivity index (χ4v) is 4.33. The van der Waals surface area contributed by atoms with Gasteiger partial charge in [-0.25, -0.2) is 0 Å². The maximum atomic E-state index is 2.49. The molecule has 0 fully saturated rings. The number of fused-ring (bicyclic) bond motifs is 3. The van der Waals surface area contributed by atoms with Crippen LogP contribution in [0.1, 0.15) is 47.1 Å². The van der Waals surface area contributed by atoms with Gasteiger partial charge in [0.25, 0.3) is 0 Å². The second-order valence-corrected chi connectivity index (χ2v) is 9.97. The highest BCUT2D eigenvalue weighted by atomic mass is 15.2. The number of hydrogen-bond donors (Lipinski definition) is 0.